The average molecular weight is 422 g/mol. The third-order valence-electron chi connectivity index (χ3n) is 4.84. The molecule has 0 radical (unpaired) electrons. The van der Waals surface area contributed by atoms with Crippen LogP contribution in [0, 0.1) is 6.92 Å². The van der Waals surface area contributed by atoms with E-state index in [9.17, 15) is 0 Å². The molecule has 1 aliphatic carbocycles. The number of anilines is 3. The lowest BCUT2D eigenvalue weighted by Gasteiger charge is -2.07. The van der Waals surface area contributed by atoms with Gasteiger partial charge in [0.15, 0.2) is 11.6 Å². The molecule has 0 bridgehead atoms. The van der Waals surface area contributed by atoms with E-state index in [1.165, 1.54) is 18.5 Å². The van der Waals surface area contributed by atoms with E-state index in [2.05, 4.69) is 36.0 Å². The monoisotopic (exact) mass is 421 g/mol. The molecule has 9 heteroatoms. The summed E-state index contributed by atoms with van der Waals surface area (Å²) in [6, 6.07) is 13.3. The van der Waals surface area contributed by atoms with Gasteiger partial charge in [0.2, 0.25) is 5.95 Å². The van der Waals surface area contributed by atoms with Gasteiger partial charge in [-0.3, -0.25) is 5.10 Å². The van der Waals surface area contributed by atoms with Crippen LogP contribution in [0.2, 0.25) is 5.02 Å². The number of aromatic nitrogens is 5. The summed E-state index contributed by atoms with van der Waals surface area (Å²) >= 11 is 5.94. The Morgan fingerprint density at radius 3 is 2.73 bits per heavy atom. The number of hydrogen-bond donors (Lipinski definition) is 3. The largest absolute Gasteiger partial charge is 0.359 e. The topological polar surface area (TPSA) is 105 Å². The lowest BCUT2D eigenvalue weighted by Crippen LogP contribution is -2.06. The fourth-order valence-electron chi connectivity index (χ4n) is 3.17. The van der Waals surface area contributed by atoms with Crippen LogP contribution in [0.5, 0.6) is 0 Å². The Hall–Kier alpha value is -3.39. The van der Waals surface area contributed by atoms with Crippen LogP contribution in [0.3, 0.4) is 0 Å². The summed E-state index contributed by atoms with van der Waals surface area (Å²) in [6.07, 6.45) is 2.45. The van der Waals surface area contributed by atoms with Gasteiger partial charge in [0, 0.05) is 46.1 Å². The molecule has 152 valence electrons. The molecule has 1 aromatic carbocycles. The molecule has 3 heterocycles. The molecular formula is C21H20ClN7O. The highest BCUT2D eigenvalue weighted by atomic mass is 35.5. The first-order valence-corrected chi connectivity index (χ1v) is 10.1. The standard InChI is InChI=1S/C21H20ClN7O/c1-12-8-19(25-20-10-17(27-28-20)13-2-3-13)26-21(24-12)23-11-16-9-18(29-30-16)14-4-6-15(22)7-5-14/h4-10,13H,2-3,11H2,1H3,(H3,23,24,25,26,27,28). The Labute approximate surface area is 178 Å². The Morgan fingerprint density at radius 1 is 1.10 bits per heavy atom. The number of benzene rings is 1. The zero-order valence-corrected chi connectivity index (χ0v) is 17.1. The van der Waals surface area contributed by atoms with E-state index in [1.807, 2.05) is 49.4 Å². The highest BCUT2D eigenvalue weighted by molar-refractivity contribution is 6.30. The number of hydrogen-bond acceptors (Lipinski definition) is 7. The van der Waals surface area contributed by atoms with Crippen LogP contribution >= 0.6 is 11.6 Å². The minimum Gasteiger partial charge on any atom is -0.359 e. The zero-order chi connectivity index (χ0) is 20.5. The first-order valence-electron chi connectivity index (χ1n) is 9.76. The molecule has 0 amide bonds. The van der Waals surface area contributed by atoms with Gasteiger partial charge in [-0.05, 0) is 31.9 Å². The van der Waals surface area contributed by atoms with Crippen molar-refractivity contribution in [1.29, 1.82) is 0 Å². The first kappa shape index (κ1) is 18.6. The highest BCUT2D eigenvalue weighted by Crippen LogP contribution is 2.39. The zero-order valence-electron chi connectivity index (χ0n) is 16.3. The molecule has 5 rings (SSSR count). The van der Waals surface area contributed by atoms with Crippen LogP contribution in [0.4, 0.5) is 17.6 Å². The van der Waals surface area contributed by atoms with Crippen molar-refractivity contribution >= 4 is 29.2 Å². The lowest BCUT2D eigenvalue weighted by atomic mass is 10.1. The van der Waals surface area contributed by atoms with Crippen molar-refractivity contribution in [1.82, 2.24) is 25.3 Å². The molecule has 3 aromatic heterocycles. The first-order chi connectivity index (χ1) is 14.6. The van der Waals surface area contributed by atoms with Crippen molar-refractivity contribution in [3.8, 4) is 11.3 Å². The van der Waals surface area contributed by atoms with Gasteiger partial charge in [-0.1, -0.05) is 28.9 Å². The summed E-state index contributed by atoms with van der Waals surface area (Å²) in [7, 11) is 0. The molecule has 0 saturated heterocycles. The molecule has 0 spiro atoms. The van der Waals surface area contributed by atoms with Crippen molar-refractivity contribution in [2.75, 3.05) is 10.6 Å². The van der Waals surface area contributed by atoms with Crippen LogP contribution in [0.1, 0.15) is 35.9 Å². The van der Waals surface area contributed by atoms with E-state index in [0.717, 1.165) is 22.8 Å². The number of rotatable bonds is 7. The van der Waals surface area contributed by atoms with Gasteiger partial charge in [-0.15, -0.1) is 0 Å². The third kappa shape index (κ3) is 4.28. The van der Waals surface area contributed by atoms with Gasteiger partial charge in [-0.2, -0.15) is 10.1 Å². The number of nitrogens with zero attached hydrogens (tertiary/aromatic N) is 4. The van der Waals surface area contributed by atoms with Gasteiger partial charge in [0.05, 0.1) is 6.54 Å². The van der Waals surface area contributed by atoms with E-state index in [1.54, 1.807) is 0 Å². The quantitative estimate of drug-likeness (QED) is 0.383. The summed E-state index contributed by atoms with van der Waals surface area (Å²) in [5.74, 6) is 3.24. The second-order valence-electron chi connectivity index (χ2n) is 7.36. The molecule has 1 aliphatic rings. The number of halogens is 1. The molecule has 0 atom stereocenters. The molecular weight excluding hydrogens is 402 g/mol. The number of aryl methyl sites for hydroxylation is 1. The van der Waals surface area contributed by atoms with Gasteiger partial charge < -0.3 is 15.2 Å². The van der Waals surface area contributed by atoms with Gasteiger partial charge >= 0.3 is 0 Å². The van der Waals surface area contributed by atoms with Crippen LogP contribution in [-0.4, -0.2) is 25.3 Å². The lowest BCUT2D eigenvalue weighted by molar-refractivity contribution is 0.390. The highest BCUT2D eigenvalue weighted by Gasteiger charge is 2.25. The maximum atomic E-state index is 5.94. The third-order valence-corrected chi connectivity index (χ3v) is 5.10. The van der Waals surface area contributed by atoms with E-state index in [0.29, 0.717) is 35.0 Å². The Bertz CT molecular complexity index is 1160. The molecule has 3 N–H and O–H groups in total. The van der Waals surface area contributed by atoms with Crippen LogP contribution in [-0.2, 0) is 6.54 Å². The predicted molar refractivity (Wildman–Crippen MR) is 115 cm³/mol. The Morgan fingerprint density at radius 2 is 1.93 bits per heavy atom. The average Bonchev–Trinajstić information content (AvgIpc) is 3.29. The Balaban J connectivity index is 1.25. The predicted octanol–water partition coefficient (Wildman–Crippen LogP) is 5.05. The smallest absolute Gasteiger partial charge is 0.225 e. The summed E-state index contributed by atoms with van der Waals surface area (Å²) in [5.41, 5.74) is 3.70. The van der Waals surface area contributed by atoms with Gasteiger partial charge in [-0.25, -0.2) is 4.98 Å². The maximum absolute atomic E-state index is 5.94. The Kier molecular flexibility index (Phi) is 4.84. The summed E-state index contributed by atoms with van der Waals surface area (Å²) < 4.78 is 5.43. The number of H-pyrrole nitrogens is 1. The molecule has 0 aliphatic heterocycles. The van der Waals surface area contributed by atoms with Gasteiger partial charge in [0.1, 0.15) is 11.5 Å². The van der Waals surface area contributed by atoms with E-state index in [-0.39, 0.29) is 0 Å². The summed E-state index contributed by atoms with van der Waals surface area (Å²) in [5, 5.41) is 18.6. The van der Waals surface area contributed by atoms with Crippen molar-refractivity contribution < 1.29 is 4.52 Å². The van der Waals surface area contributed by atoms with Gasteiger partial charge in [0.25, 0.3) is 0 Å². The minimum atomic E-state index is 0.414. The summed E-state index contributed by atoms with van der Waals surface area (Å²) in [4.78, 5) is 8.97. The molecule has 0 unspecified atom stereocenters. The van der Waals surface area contributed by atoms with E-state index >= 15 is 0 Å². The van der Waals surface area contributed by atoms with E-state index < -0.39 is 0 Å². The second kappa shape index (κ2) is 7.79. The normalized spacial score (nSPS) is 13.4. The molecule has 30 heavy (non-hydrogen) atoms. The fraction of sp³-hybridized carbons (Fsp3) is 0.238. The molecule has 8 nitrogen and oxygen atoms in total. The SMILES string of the molecule is Cc1cc(Nc2cc(C3CC3)[nH]n2)nc(NCc2cc(-c3ccc(Cl)cc3)no2)n1. The van der Waals surface area contributed by atoms with Crippen molar-refractivity contribution in [2.45, 2.75) is 32.2 Å². The minimum absolute atomic E-state index is 0.414. The van der Waals surface area contributed by atoms with Crippen molar-refractivity contribution in [2.24, 2.45) is 0 Å². The van der Waals surface area contributed by atoms with Crippen molar-refractivity contribution in [3.05, 3.63) is 64.6 Å². The molecule has 4 aromatic rings. The fourth-order valence-corrected chi connectivity index (χ4v) is 3.29. The van der Waals surface area contributed by atoms with Crippen LogP contribution < -0.4 is 10.6 Å². The van der Waals surface area contributed by atoms with Crippen LogP contribution in [0.25, 0.3) is 11.3 Å². The maximum Gasteiger partial charge on any atom is 0.225 e. The summed E-state index contributed by atoms with van der Waals surface area (Å²) in [6.45, 7) is 2.34. The van der Waals surface area contributed by atoms with E-state index in [4.69, 9.17) is 16.1 Å². The number of aromatic amines is 1. The van der Waals surface area contributed by atoms with Crippen LogP contribution in [0.15, 0.2) is 47.0 Å². The molecule has 1 saturated carbocycles. The van der Waals surface area contributed by atoms with Crippen molar-refractivity contribution in [3.63, 3.8) is 0 Å². The number of nitrogens with one attached hydrogen (secondary N) is 3. The second-order valence-corrected chi connectivity index (χ2v) is 7.80. The molecule has 1 fully saturated rings.